The van der Waals surface area contributed by atoms with E-state index >= 15 is 0 Å². The maximum Gasteiger partial charge on any atom is 0.412 e. The number of carbonyl (C=O) groups is 1. The van der Waals surface area contributed by atoms with Crippen LogP contribution in [0.25, 0.3) is 6.08 Å². The third kappa shape index (κ3) is 4.00. The van der Waals surface area contributed by atoms with Gasteiger partial charge in [0.1, 0.15) is 5.75 Å². The molecule has 2 aromatic carbocycles. The first-order valence-corrected chi connectivity index (χ1v) is 6.00. The third-order valence-corrected chi connectivity index (χ3v) is 2.61. The van der Waals surface area contributed by atoms with Gasteiger partial charge in [-0.1, -0.05) is 55.1 Å². The van der Waals surface area contributed by atoms with Crippen LogP contribution >= 0.6 is 0 Å². The number of amides is 1. The van der Waals surface area contributed by atoms with E-state index in [1.54, 1.807) is 18.2 Å². The van der Waals surface area contributed by atoms with Gasteiger partial charge in [-0.3, -0.25) is 0 Å². The molecule has 0 bridgehead atoms. The van der Waals surface area contributed by atoms with Crippen molar-refractivity contribution < 1.29 is 9.53 Å². The fourth-order valence-corrected chi connectivity index (χ4v) is 1.58. The highest BCUT2D eigenvalue weighted by Gasteiger charge is 2.03. The lowest BCUT2D eigenvalue weighted by Gasteiger charge is -2.06. The number of carbonyl (C=O) groups excluding carboxylic acids is 1. The molecular formula is C16H15NO2. The predicted octanol–water partition coefficient (Wildman–Crippen LogP) is 3.62. The number of para-hydroxylation sites is 1. The van der Waals surface area contributed by atoms with Gasteiger partial charge in [-0.2, -0.15) is 0 Å². The molecule has 1 amide bonds. The van der Waals surface area contributed by atoms with Crippen LogP contribution in [-0.4, -0.2) is 6.09 Å². The first kappa shape index (κ1) is 12.9. The largest absolute Gasteiger partial charge is 0.412 e. The van der Waals surface area contributed by atoms with E-state index in [-0.39, 0.29) is 0 Å². The highest BCUT2D eigenvalue weighted by Crippen LogP contribution is 2.09. The van der Waals surface area contributed by atoms with Crippen LogP contribution in [-0.2, 0) is 6.54 Å². The van der Waals surface area contributed by atoms with Crippen molar-refractivity contribution in [3.05, 3.63) is 72.3 Å². The van der Waals surface area contributed by atoms with E-state index in [4.69, 9.17) is 4.74 Å². The monoisotopic (exact) mass is 253 g/mol. The van der Waals surface area contributed by atoms with Crippen molar-refractivity contribution in [1.29, 1.82) is 0 Å². The molecule has 3 heteroatoms. The minimum Gasteiger partial charge on any atom is -0.410 e. The summed E-state index contributed by atoms with van der Waals surface area (Å²) in [6.45, 7) is 4.13. The first-order chi connectivity index (χ1) is 9.28. The second-order valence-corrected chi connectivity index (χ2v) is 4.00. The van der Waals surface area contributed by atoms with E-state index < -0.39 is 6.09 Å². The van der Waals surface area contributed by atoms with Crippen LogP contribution in [0.15, 0.2) is 61.2 Å². The topological polar surface area (TPSA) is 38.3 Å². The molecule has 0 radical (unpaired) electrons. The Morgan fingerprint density at radius 2 is 1.79 bits per heavy atom. The van der Waals surface area contributed by atoms with Crippen molar-refractivity contribution in [2.75, 3.05) is 0 Å². The normalized spacial score (nSPS) is 9.68. The third-order valence-electron chi connectivity index (χ3n) is 2.61. The van der Waals surface area contributed by atoms with Gasteiger partial charge in [-0.05, 0) is 23.3 Å². The summed E-state index contributed by atoms with van der Waals surface area (Å²) in [4.78, 5) is 11.6. The molecule has 0 atom stereocenters. The summed E-state index contributed by atoms with van der Waals surface area (Å²) < 4.78 is 5.11. The molecule has 0 saturated heterocycles. The zero-order valence-electron chi connectivity index (χ0n) is 10.5. The van der Waals surface area contributed by atoms with Crippen LogP contribution in [0.3, 0.4) is 0 Å². The molecule has 2 rings (SSSR count). The van der Waals surface area contributed by atoms with Crippen LogP contribution in [0.5, 0.6) is 5.75 Å². The standard InChI is InChI=1S/C16H15NO2/c1-2-13-8-10-14(11-9-13)12-17-16(18)19-15-6-4-3-5-7-15/h2-11H,1,12H2,(H,17,18). The summed E-state index contributed by atoms with van der Waals surface area (Å²) >= 11 is 0. The Bertz CT molecular complexity index is 547. The van der Waals surface area contributed by atoms with Crippen molar-refractivity contribution in [1.82, 2.24) is 5.32 Å². The Hall–Kier alpha value is -2.55. The van der Waals surface area contributed by atoms with Crippen molar-refractivity contribution in [2.45, 2.75) is 6.54 Å². The van der Waals surface area contributed by atoms with Gasteiger partial charge in [-0.25, -0.2) is 4.79 Å². The van der Waals surface area contributed by atoms with Gasteiger partial charge in [0.15, 0.2) is 0 Å². The van der Waals surface area contributed by atoms with Gasteiger partial charge in [0, 0.05) is 6.54 Å². The zero-order chi connectivity index (χ0) is 13.5. The molecule has 19 heavy (non-hydrogen) atoms. The zero-order valence-corrected chi connectivity index (χ0v) is 10.5. The Labute approximate surface area is 112 Å². The van der Waals surface area contributed by atoms with E-state index in [0.717, 1.165) is 11.1 Å². The van der Waals surface area contributed by atoms with Crippen molar-refractivity contribution in [3.63, 3.8) is 0 Å². The van der Waals surface area contributed by atoms with Crippen LogP contribution in [0.4, 0.5) is 4.79 Å². The molecular weight excluding hydrogens is 238 g/mol. The minimum atomic E-state index is -0.459. The molecule has 2 aromatic rings. The number of ether oxygens (including phenoxy) is 1. The van der Waals surface area contributed by atoms with Gasteiger partial charge in [0.2, 0.25) is 0 Å². The number of hydrogen-bond acceptors (Lipinski definition) is 2. The second-order valence-electron chi connectivity index (χ2n) is 4.00. The first-order valence-electron chi connectivity index (χ1n) is 6.00. The molecule has 0 aliphatic carbocycles. The molecule has 96 valence electrons. The Morgan fingerprint density at radius 1 is 1.11 bits per heavy atom. The van der Waals surface area contributed by atoms with E-state index in [9.17, 15) is 4.79 Å². The molecule has 0 fully saturated rings. The number of nitrogens with one attached hydrogen (secondary N) is 1. The molecule has 0 unspecified atom stereocenters. The maximum atomic E-state index is 11.6. The maximum absolute atomic E-state index is 11.6. The fraction of sp³-hybridized carbons (Fsp3) is 0.0625. The number of hydrogen-bond donors (Lipinski definition) is 1. The van der Waals surface area contributed by atoms with Crippen LogP contribution in [0.1, 0.15) is 11.1 Å². The second kappa shape index (κ2) is 6.40. The molecule has 0 aliphatic heterocycles. The van der Waals surface area contributed by atoms with E-state index in [0.29, 0.717) is 12.3 Å². The highest BCUT2D eigenvalue weighted by molar-refractivity contribution is 5.70. The van der Waals surface area contributed by atoms with E-state index in [1.165, 1.54) is 0 Å². The Morgan fingerprint density at radius 3 is 2.42 bits per heavy atom. The van der Waals surface area contributed by atoms with Crippen LogP contribution < -0.4 is 10.1 Å². The quantitative estimate of drug-likeness (QED) is 0.903. The summed E-state index contributed by atoms with van der Waals surface area (Å²) in [5, 5.41) is 2.70. The lowest BCUT2D eigenvalue weighted by Crippen LogP contribution is -2.26. The van der Waals surface area contributed by atoms with Gasteiger partial charge < -0.3 is 10.1 Å². The lowest BCUT2D eigenvalue weighted by atomic mass is 10.1. The lowest BCUT2D eigenvalue weighted by molar-refractivity contribution is 0.200. The van der Waals surface area contributed by atoms with Crippen molar-refractivity contribution >= 4 is 12.2 Å². The van der Waals surface area contributed by atoms with Gasteiger partial charge in [-0.15, -0.1) is 0 Å². The molecule has 0 spiro atoms. The average molecular weight is 253 g/mol. The molecule has 0 heterocycles. The van der Waals surface area contributed by atoms with Crippen molar-refractivity contribution in [3.8, 4) is 5.75 Å². The van der Waals surface area contributed by atoms with Crippen LogP contribution in [0, 0.1) is 0 Å². The van der Waals surface area contributed by atoms with Gasteiger partial charge in [0.25, 0.3) is 0 Å². The molecule has 0 saturated carbocycles. The van der Waals surface area contributed by atoms with Gasteiger partial charge >= 0.3 is 6.09 Å². The molecule has 3 nitrogen and oxygen atoms in total. The van der Waals surface area contributed by atoms with Crippen LogP contribution in [0.2, 0.25) is 0 Å². The number of benzene rings is 2. The SMILES string of the molecule is C=Cc1ccc(CNC(=O)Oc2ccccc2)cc1. The summed E-state index contributed by atoms with van der Waals surface area (Å²) in [5.41, 5.74) is 2.06. The molecule has 0 aromatic heterocycles. The smallest absolute Gasteiger partial charge is 0.410 e. The Balaban J connectivity index is 1.84. The summed E-state index contributed by atoms with van der Waals surface area (Å²) in [6.07, 6.45) is 1.32. The minimum absolute atomic E-state index is 0.434. The fourth-order valence-electron chi connectivity index (χ4n) is 1.58. The predicted molar refractivity (Wildman–Crippen MR) is 75.8 cm³/mol. The van der Waals surface area contributed by atoms with Gasteiger partial charge in [0.05, 0.1) is 0 Å². The van der Waals surface area contributed by atoms with E-state index in [1.807, 2.05) is 42.5 Å². The summed E-state index contributed by atoms with van der Waals surface area (Å²) in [5.74, 6) is 0.530. The average Bonchev–Trinajstić information content (AvgIpc) is 2.47. The Kier molecular flexibility index (Phi) is 4.34. The summed E-state index contributed by atoms with van der Waals surface area (Å²) in [6, 6.07) is 16.8. The van der Waals surface area contributed by atoms with E-state index in [2.05, 4.69) is 11.9 Å². The molecule has 1 N–H and O–H groups in total. The van der Waals surface area contributed by atoms with Crippen molar-refractivity contribution in [2.24, 2.45) is 0 Å². The molecule has 0 aliphatic rings. The summed E-state index contributed by atoms with van der Waals surface area (Å²) in [7, 11) is 0. The number of rotatable bonds is 4. The highest BCUT2D eigenvalue weighted by atomic mass is 16.5.